The first-order valence-electron chi connectivity index (χ1n) is 4.49. The van der Waals surface area contributed by atoms with E-state index in [1.54, 1.807) is 12.3 Å². The summed E-state index contributed by atoms with van der Waals surface area (Å²) in [6.07, 6.45) is 4.29. The maximum atomic E-state index is 11.1. The van der Waals surface area contributed by atoms with Gasteiger partial charge in [-0.05, 0) is 13.3 Å². The van der Waals surface area contributed by atoms with Gasteiger partial charge in [0, 0.05) is 11.9 Å². The van der Waals surface area contributed by atoms with Crippen molar-refractivity contribution < 1.29 is 9.53 Å². The number of H-pyrrole nitrogens is 1. The van der Waals surface area contributed by atoms with Crippen LogP contribution in [0.15, 0.2) is 18.9 Å². The molecule has 4 nitrogen and oxygen atoms in total. The highest BCUT2D eigenvalue weighted by molar-refractivity contribution is 5.69. The van der Waals surface area contributed by atoms with Gasteiger partial charge >= 0.3 is 5.97 Å². The zero-order valence-corrected chi connectivity index (χ0v) is 8.25. The lowest BCUT2D eigenvalue weighted by atomic mass is 10.2. The van der Waals surface area contributed by atoms with Crippen molar-refractivity contribution in [2.75, 3.05) is 6.61 Å². The van der Waals surface area contributed by atoms with Crippen molar-refractivity contribution in [1.82, 2.24) is 9.97 Å². The number of imidazole rings is 1. The Hall–Kier alpha value is -1.58. The predicted molar refractivity (Wildman–Crippen MR) is 52.8 cm³/mol. The van der Waals surface area contributed by atoms with Crippen molar-refractivity contribution in [2.24, 2.45) is 0 Å². The molecule has 0 amide bonds. The van der Waals surface area contributed by atoms with Gasteiger partial charge in [0.25, 0.3) is 0 Å². The molecule has 1 N–H and O–H groups in total. The molecule has 14 heavy (non-hydrogen) atoms. The number of aromatic nitrogens is 2. The average molecular weight is 194 g/mol. The molecule has 0 atom stereocenters. The second kappa shape index (κ2) is 5.21. The van der Waals surface area contributed by atoms with Crippen LogP contribution in [0, 0.1) is 6.92 Å². The lowest BCUT2D eigenvalue weighted by molar-refractivity contribution is -0.142. The van der Waals surface area contributed by atoms with Gasteiger partial charge in [0.1, 0.15) is 12.4 Å². The van der Waals surface area contributed by atoms with E-state index < -0.39 is 0 Å². The lowest BCUT2D eigenvalue weighted by Crippen LogP contribution is -2.05. The third kappa shape index (κ3) is 3.43. The van der Waals surface area contributed by atoms with Gasteiger partial charge in [0.05, 0.1) is 6.42 Å². The Morgan fingerprint density at radius 1 is 1.79 bits per heavy atom. The molecule has 0 fully saturated rings. The van der Waals surface area contributed by atoms with Gasteiger partial charge in [-0.15, -0.1) is 0 Å². The van der Waals surface area contributed by atoms with Gasteiger partial charge in [-0.1, -0.05) is 12.7 Å². The molecule has 4 heteroatoms. The van der Waals surface area contributed by atoms with Crippen LogP contribution in [0.5, 0.6) is 0 Å². The van der Waals surface area contributed by atoms with E-state index in [4.69, 9.17) is 4.74 Å². The molecular weight excluding hydrogens is 180 g/mol. The number of nitrogens with one attached hydrogen (secondary N) is 1. The molecule has 0 aliphatic rings. The van der Waals surface area contributed by atoms with Crippen LogP contribution in [0.4, 0.5) is 0 Å². The molecule has 0 saturated carbocycles. The number of esters is 1. The molecule has 0 bridgehead atoms. The fourth-order valence-electron chi connectivity index (χ4n) is 1.06. The van der Waals surface area contributed by atoms with Crippen molar-refractivity contribution >= 4 is 5.97 Å². The molecule has 0 spiro atoms. The van der Waals surface area contributed by atoms with E-state index >= 15 is 0 Å². The Morgan fingerprint density at radius 2 is 2.57 bits per heavy atom. The van der Waals surface area contributed by atoms with E-state index in [0.717, 1.165) is 11.5 Å². The van der Waals surface area contributed by atoms with E-state index in [2.05, 4.69) is 16.5 Å². The summed E-state index contributed by atoms with van der Waals surface area (Å²) in [5, 5.41) is 0. The number of rotatable bonds is 5. The summed E-state index contributed by atoms with van der Waals surface area (Å²) >= 11 is 0. The Kier molecular flexibility index (Phi) is 3.91. The minimum absolute atomic E-state index is 0.211. The number of nitrogens with zero attached hydrogens (tertiary/aromatic N) is 1. The largest absolute Gasteiger partial charge is 0.461 e. The van der Waals surface area contributed by atoms with Gasteiger partial charge in [0.15, 0.2) is 0 Å². The molecule has 0 radical (unpaired) electrons. The molecule has 0 aliphatic carbocycles. The summed E-state index contributed by atoms with van der Waals surface area (Å²) in [6.45, 7) is 5.61. The summed E-state index contributed by atoms with van der Waals surface area (Å²) in [7, 11) is 0. The summed E-state index contributed by atoms with van der Waals surface area (Å²) in [4.78, 5) is 18.2. The van der Waals surface area contributed by atoms with Crippen LogP contribution < -0.4 is 0 Å². The summed E-state index contributed by atoms with van der Waals surface area (Å²) < 4.78 is 4.83. The zero-order chi connectivity index (χ0) is 10.4. The van der Waals surface area contributed by atoms with Crippen molar-refractivity contribution in [3.63, 3.8) is 0 Å². The number of hydrogen-bond donors (Lipinski definition) is 1. The highest BCUT2D eigenvalue weighted by Crippen LogP contribution is 2.00. The van der Waals surface area contributed by atoms with Crippen LogP contribution in [0.25, 0.3) is 0 Å². The Balaban J connectivity index is 2.26. The Bertz CT molecular complexity index is 318. The van der Waals surface area contributed by atoms with E-state index in [9.17, 15) is 4.79 Å². The number of aryl methyl sites for hydroxylation is 2. The standard InChI is InChI=1S/C10H14N2O2/c1-3-6-14-10(13)5-4-9-7-11-8(2)12-9/h3,7H,1,4-6H2,2H3,(H,11,12). The Morgan fingerprint density at radius 3 is 3.14 bits per heavy atom. The molecule has 0 aliphatic heterocycles. The molecule has 0 unspecified atom stereocenters. The second-order valence-corrected chi connectivity index (χ2v) is 2.97. The van der Waals surface area contributed by atoms with Crippen molar-refractivity contribution in [3.8, 4) is 0 Å². The molecule has 0 saturated heterocycles. The number of carbonyl (C=O) groups excluding carboxylic acids is 1. The smallest absolute Gasteiger partial charge is 0.306 e. The number of ether oxygens (including phenoxy) is 1. The number of aromatic amines is 1. The van der Waals surface area contributed by atoms with Gasteiger partial charge < -0.3 is 9.72 Å². The van der Waals surface area contributed by atoms with Crippen LogP contribution in [-0.2, 0) is 16.0 Å². The van der Waals surface area contributed by atoms with Gasteiger partial charge in [-0.25, -0.2) is 4.98 Å². The number of hydrogen-bond acceptors (Lipinski definition) is 3. The van der Waals surface area contributed by atoms with E-state index in [1.165, 1.54) is 0 Å². The molecule has 0 aromatic carbocycles. The van der Waals surface area contributed by atoms with Crippen LogP contribution in [-0.4, -0.2) is 22.5 Å². The zero-order valence-electron chi connectivity index (χ0n) is 8.25. The Labute approximate surface area is 83.0 Å². The molecular formula is C10H14N2O2. The van der Waals surface area contributed by atoms with Crippen LogP contribution in [0.2, 0.25) is 0 Å². The average Bonchev–Trinajstić information content (AvgIpc) is 2.58. The maximum Gasteiger partial charge on any atom is 0.306 e. The normalized spacial score (nSPS) is 9.79. The van der Waals surface area contributed by atoms with Crippen molar-refractivity contribution in [2.45, 2.75) is 19.8 Å². The summed E-state index contributed by atoms with van der Waals surface area (Å²) in [5.74, 6) is 0.650. The van der Waals surface area contributed by atoms with Crippen LogP contribution in [0.3, 0.4) is 0 Å². The van der Waals surface area contributed by atoms with Gasteiger partial charge in [-0.3, -0.25) is 4.79 Å². The topological polar surface area (TPSA) is 55.0 Å². The van der Waals surface area contributed by atoms with Crippen LogP contribution in [0.1, 0.15) is 17.9 Å². The molecule has 1 rings (SSSR count). The first kappa shape index (κ1) is 10.5. The summed E-state index contributed by atoms with van der Waals surface area (Å²) in [5.41, 5.74) is 0.957. The summed E-state index contributed by atoms with van der Waals surface area (Å²) in [6, 6.07) is 0. The molecule has 1 heterocycles. The minimum Gasteiger partial charge on any atom is -0.461 e. The van der Waals surface area contributed by atoms with Gasteiger partial charge in [0.2, 0.25) is 0 Å². The fourth-order valence-corrected chi connectivity index (χ4v) is 1.06. The number of carbonyl (C=O) groups is 1. The van der Waals surface area contributed by atoms with E-state index in [-0.39, 0.29) is 12.6 Å². The van der Waals surface area contributed by atoms with Crippen LogP contribution >= 0.6 is 0 Å². The molecule has 1 aromatic heterocycles. The first-order chi connectivity index (χ1) is 6.72. The highest BCUT2D eigenvalue weighted by Gasteiger charge is 2.03. The lowest BCUT2D eigenvalue weighted by Gasteiger charge is -1.99. The minimum atomic E-state index is -0.211. The maximum absolute atomic E-state index is 11.1. The first-order valence-corrected chi connectivity index (χ1v) is 4.49. The molecule has 76 valence electrons. The van der Waals surface area contributed by atoms with E-state index in [0.29, 0.717) is 12.8 Å². The van der Waals surface area contributed by atoms with Gasteiger partial charge in [-0.2, -0.15) is 0 Å². The second-order valence-electron chi connectivity index (χ2n) is 2.97. The van der Waals surface area contributed by atoms with Crippen molar-refractivity contribution in [1.29, 1.82) is 0 Å². The monoisotopic (exact) mass is 194 g/mol. The quantitative estimate of drug-likeness (QED) is 0.569. The SMILES string of the molecule is C=CCOC(=O)CCc1cnc(C)[nH]1. The van der Waals surface area contributed by atoms with E-state index in [1.807, 2.05) is 6.92 Å². The molecule has 1 aromatic rings. The fraction of sp³-hybridized carbons (Fsp3) is 0.400. The third-order valence-corrected chi connectivity index (χ3v) is 1.72. The highest BCUT2D eigenvalue weighted by atomic mass is 16.5. The predicted octanol–water partition coefficient (Wildman–Crippen LogP) is 1.38. The van der Waals surface area contributed by atoms with Crippen molar-refractivity contribution in [3.05, 3.63) is 30.4 Å². The third-order valence-electron chi connectivity index (χ3n) is 1.72.